The molecule has 9 heterocycles. The fraction of sp³-hybridized carbons (Fsp3) is 0.448. The molecule has 35 heteroatoms. The molecule has 5 fully saturated rings. The van der Waals surface area contributed by atoms with Crippen LogP contribution in [0.2, 0.25) is 0 Å². The number of hydrogen-bond acceptors (Lipinski definition) is 24. The van der Waals surface area contributed by atoms with Crippen molar-refractivity contribution in [3.05, 3.63) is 185 Å². The topological polar surface area (TPSA) is 435 Å². The van der Waals surface area contributed by atoms with E-state index in [1.165, 1.54) is 75.9 Å². The average molecular weight is 1690 g/mol. The summed E-state index contributed by atoms with van der Waals surface area (Å²) in [7, 11) is 1.47. The summed E-state index contributed by atoms with van der Waals surface area (Å²) in [5.74, 6) is -8.94. The van der Waals surface area contributed by atoms with E-state index in [9.17, 15) is 81.7 Å². The number of esters is 2. The molecule has 7 aliphatic rings. The highest BCUT2D eigenvalue weighted by Gasteiger charge is 2.47. The Hall–Kier alpha value is -12.8. The number of aliphatic hydroxyl groups is 1. The molecule has 10 amide bonds. The molecule has 5 saturated heterocycles. The highest BCUT2D eigenvalue weighted by atomic mass is 19.1. The first-order valence-electron chi connectivity index (χ1n) is 40.6. The number of fused-ring (bicyclic) bond motifs is 5. The number of pyridine rings is 1. The Labute approximate surface area is 704 Å². The van der Waals surface area contributed by atoms with E-state index in [0.29, 0.717) is 50.5 Å². The number of carbonyl (C=O) groups excluding carboxylic acids is 14. The number of piperidine rings is 1. The van der Waals surface area contributed by atoms with Crippen LogP contribution in [0.3, 0.4) is 0 Å². The van der Waals surface area contributed by atoms with Gasteiger partial charge in [-0.15, -0.1) is 0 Å². The van der Waals surface area contributed by atoms with E-state index in [1.807, 2.05) is 31.7 Å². The molecule has 5 aromatic rings. The number of anilines is 2. The average Bonchev–Trinajstić information content (AvgIpc) is 1.45. The highest BCUT2D eigenvalue weighted by molar-refractivity contribution is 6.03. The van der Waals surface area contributed by atoms with Crippen LogP contribution in [0.15, 0.2) is 156 Å². The molecule has 34 nitrogen and oxygen atoms in total. The zero-order chi connectivity index (χ0) is 88.0. The van der Waals surface area contributed by atoms with E-state index in [-0.39, 0.29) is 148 Å². The third-order valence-electron chi connectivity index (χ3n) is 21.5. The summed E-state index contributed by atoms with van der Waals surface area (Å²) in [5, 5.41) is 33.8. The van der Waals surface area contributed by atoms with Crippen molar-refractivity contribution in [2.75, 3.05) is 82.4 Å². The SMILES string of the molecule is CC(=O)NC[C@H]1CN(c2ccc(N3CCOCC3)c(F)c2)C(=O)O1.CC1=C/C(O)CC(=O)Cc2nc(co2)C(=O)N2CCC=C2C(=O)OC(C(C)C)C(C)/C=C\C(=O)NC/C=C\1.CCC1NC(=O)C(NC(=O)c2ncccc2O)C(C)OC(=O)C(c2ccccc2)NC(=O)C2CC(=O)CCN2C(=O)C(Cc2ccccc2)N(C)C(=O)C2CCCN2C1=O. The lowest BCUT2D eigenvalue weighted by atomic mass is 9.94. The summed E-state index contributed by atoms with van der Waals surface area (Å²) in [6, 6.07) is 16.4. The van der Waals surface area contributed by atoms with Gasteiger partial charge in [0, 0.05) is 91.0 Å². The largest absolute Gasteiger partial charge is 0.505 e. The van der Waals surface area contributed by atoms with Crippen LogP contribution in [0, 0.1) is 17.7 Å². The number of cyclic esters (lactones) is 3. The molecule has 12 rings (SSSR count). The van der Waals surface area contributed by atoms with Crippen LogP contribution in [-0.4, -0.2) is 250 Å². The van der Waals surface area contributed by atoms with E-state index >= 15 is 0 Å². The summed E-state index contributed by atoms with van der Waals surface area (Å²) in [6.07, 6.45) is 8.74. The normalized spacial score (nSPS) is 25.6. The summed E-state index contributed by atoms with van der Waals surface area (Å²) in [5.41, 5.74) is 2.32. The number of oxazole rings is 1. The number of halogens is 1. The lowest BCUT2D eigenvalue weighted by molar-refractivity contribution is -0.157. The molecule has 650 valence electrons. The molecular formula is C87H104FN13O21. The fourth-order valence-corrected chi connectivity index (χ4v) is 15.0. The molecule has 11 atom stereocenters. The van der Waals surface area contributed by atoms with Crippen LogP contribution >= 0.6 is 0 Å². The Kier molecular flexibility index (Phi) is 32.2. The van der Waals surface area contributed by atoms with Crippen molar-refractivity contribution in [3.63, 3.8) is 0 Å². The van der Waals surface area contributed by atoms with Crippen LogP contribution < -0.4 is 36.4 Å². The number of morpholine rings is 1. The molecule has 3 aromatic carbocycles. The fourth-order valence-electron chi connectivity index (χ4n) is 15.0. The Morgan fingerprint density at radius 2 is 1.50 bits per heavy atom. The van der Waals surface area contributed by atoms with Crippen molar-refractivity contribution in [1.29, 1.82) is 0 Å². The van der Waals surface area contributed by atoms with Crippen molar-refractivity contribution in [2.24, 2.45) is 11.8 Å². The van der Waals surface area contributed by atoms with Gasteiger partial charge in [-0.3, -0.25) is 57.6 Å². The molecule has 0 aliphatic carbocycles. The number of carbonyl (C=O) groups is 14. The minimum absolute atomic E-state index is 0.0315. The van der Waals surface area contributed by atoms with Crippen LogP contribution in [0.1, 0.15) is 137 Å². The van der Waals surface area contributed by atoms with Crippen molar-refractivity contribution >= 4 is 94.1 Å². The lowest BCUT2D eigenvalue weighted by Crippen LogP contribution is -2.61. The number of hydrogen-bond donors (Lipinski definition) is 7. The molecule has 7 N–H and O–H groups in total. The van der Waals surface area contributed by atoms with E-state index in [4.69, 9.17) is 23.4 Å². The Morgan fingerprint density at radius 3 is 2.20 bits per heavy atom. The maximum Gasteiger partial charge on any atom is 0.414 e. The van der Waals surface area contributed by atoms with Gasteiger partial charge in [0.1, 0.15) is 83.6 Å². The first-order chi connectivity index (χ1) is 58.4. The maximum atomic E-state index is 14.8. The molecule has 0 spiro atoms. The minimum atomic E-state index is -1.68. The monoisotopic (exact) mass is 1690 g/mol. The van der Waals surface area contributed by atoms with Crippen molar-refractivity contribution < 1.29 is 105 Å². The Bertz CT molecular complexity index is 4800. The van der Waals surface area contributed by atoms with Crippen LogP contribution in [0.25, 0.3) is 0 Å². The van der Waals surface area contributed by atoms with E-state index in [1.54, 1.807) is 111 Å². The van der Waals surface area contributed by atoms with Gasteiger partial charge in [-0.05, 0) is 93.0 Å². The van der Waals surface area contributed by atoms with Crippen molar-refractivity contribution in [3.8, 4) is 5.75 Å². The van der Waals surface area contributed by atoms with Crippen molar-refractivity contribution in [1.82, 2.24) is 56.2 Å². The minimum Gasteiger partial charge on any atom is -0.505 e. The van der Waals surface area contributed by atoms with Crippen LogP contribution in [0.5, 0.6) is 5.75 Å². The molecular weight excluding hydrogens is 1580 g/mol. The standard InChI is InChI=1S/C43H49N7O10.C28H35N3O7.C16H20FN3O4/c1-4-29-40(56)49-21-12-17-30(49)41(57)48(3)32(23-26-13-7-5-8-14-26)42(58)50-22-19-28(51)24-31(50)37(53)47-35(27-15-9-6-10-16-27)43(59)60-25(2)34(38(54)45-29)46-39(55)36-33(52)18-11-20-44-36;1-17(2)26-19(4)9-10-24(34)29-11-5-7-18(3)13-20(32)14-21(33)15-25-30-22(16-37-25)27(35)31-12-6-8-23(31)28(36)38-26;1-11(21)18-9-13-10-20(16(22)24-13)12-2-3-15(14(17)8-12)19-4-6-23-7-5-19/h5-11,13-16,18,20,25,29-32,34-35,52H,4,12,17,19,21-24H2,1-3H3,(H,45,54)(H,46,55)(H,47,53);5,7-10,13,16-17,19-20,26,32H,6,11-12,14-15H2,1-4H3,(H,29,34);2-3,8,13H,4-7,9-10H2,1H3,(H,18,21)/b;7-5-,10-9-,18-13-;/t;;13-/m..0/s1. The number of allylic oxidation sites excluding steroid dienone is 2. The van der Waals surface area contributed by atoms with Gasteiger partial charge in [-0.1, -0.05) is 124 Å². The molecule has 10 unspecified atom stereocenters. The zero-order valence-electron chi connectivity index (χ0n) is 69.2. The van der Waals surface area contributed by atoms with Gasteiger partial charge < -0.3 is 84.7 Å². The molecule has 0 radical (unpaired) electrons. The van der Waals surface area contributed by atoms with Crippen LogP contribution in [-0.2, 0) is 84.5 Å². The molecule has 122 heavy (non-hydrogen) atoms. The third-order valence-corrected chi connectivity index (χ3v) is 21.5. The second kappa shape index (κ2) is 42.9. The molecule has 0 saturated carbocycles. The number of Topliss-reactive ketones (excluding diaryl/α,β-unsaturated/α-hetero) is 2. The second-order valence-corrected chi connectivity index (χ2v) is 30.8. The first kappa shape index (κ1) is 91.5. The van der Waals surface area contributed by atoms with Gasteiger partial charge >= 0.3 is 18.0 Å². The van der Waals surface area contributed by atoms with Gasteiger partial charge in [-0.25, -0.2) is 28.7 Å². The number of rotatable bonds is 11. The Morgan fingerprint density at radius 1 is 0.779 bits per heavy atom. The first-order valence-corrected chi connectivity index (χ1v) is 40.6. The number of ketones is 2. The zero-order valence-corrected chi connectivity index (χ0v) is 69.2. The smallest absolute Gasteiger partial charge is 0.414 e. The maximum absolute atomic E-state index is 14.8. The third kappa shape index (κ3) is 24.1. The van der Waals surface area contributed by atoms with Gasteiger partial charge in [0.25, 0.3) is 11.8 Å². The number of ether oxygens (including phenoxy) is 4. The van der Waals surface area contributed by atoms with Crippen molar-refractivity contribution in [2.45, 2.75) is 167 Å². The predicted molar refractivity (Wildman–Crippen MR) is 438 cm³/mol. The van der Waals surface area contributed by atoms with E-state index in [0.717, 1.165) is 17.4 Å². The quantitative estimate of drug-likeness (QED) is 0.0676. The number of aromatic hydroxyl groups is 1. The second-order valence-electron chi connectivity index (χ2n) is 30.8. The van der Waals surface area contributed by atoms with Crippen LogP contribution in [0.4, 0.5) is 20.6 Å². The number of nitrogens with one attached hydrogen (secondary N) is 5. The summed E-state index contributed by atoms with van der Waals surface area (Å²) >= 11 is 0. The number of likely N-dealkylation sites (N-methyl/N-ethyl adjacent to an activating group) is 1. The predicted octanol–water partition coefficient (Wildman–Crippen LogP) is 4.99. The number of nitrogens with zero attached hydrogens (tertiary/aromatic N) is 8. The van der Waals surface area contributed by atoms with Gasteiger partial charge in [0.15, 0.2) is 17.4 Å². The number of benzene rings is 3. The Balaban J connectivity index is 0.000000213. The summed E-state index contributed by atoms with van der Waals surface area (Å²) in [4.78, 5) is 203. The van der Waals surface area contributed by atoms with E-state index in [2.05, 4.69) is 36.6 Å². The molecule has 2 aromatic heterocycles. The summed E-state index contributed by atoms with van der Waals surface area (Å²) in [6.45, 7) is 15.4. The lowest BCUT2D eigenvalue weighted by Gasteiger charge is -2.40. The summed E-state index contributed by atoms with van der Waals surface area (Å²) < 4.78 is 41.9. The molecule has 2 bridgehead atoms. The highest BCUT2D eigenvalue weighted by Crippen LogP contribution is 2.32. The van der Waals surface area contributed by atoms with Gasteiger partial charge in [0.05, 0.1) is 50.2 Å². The number of amides is 10. The number of aliphatic hydroxyl groups excluding tert-OH is 1. The van der Waals surface area contributed by atoms with E-state index < -0.39 is 131 Å². The number of aromatic nitrogens is 2. The van der Waals surface area contributed by atoms with Gasteiger partial charge in [-0.2, -0.15) is 0 Å². The molecule has 7 aliphatic heterocycles. The van der Waals surface area contributed by atoms with Gasteiger partial charge in [0.2, 0.25) is 47.2 Å².